The Morgan fingerprint density at radius 3 is 2.47 bits per heavy atom. The zero-order chi connectivity index (χ0) is 14.0. The molecular weight excluding hydrogens is 350 g/mol. The predicted molar refractivity (Wildman–Crippen MR) is 78.8 cm³/mol. The maximum Gasteiger partial charge on any atom is 0.243 e. The molecule has 0 amide bonds. The topological polar surface area (TPSA) is 57.6 Å². The molecule has 0 bridgehead atoms. The third-order valence-corrected chi connectivity index (χ3v) is 5.94. The fourth-order valence-electron chi connectivity index (χ4n) is 1.57. The second kappa shape index (κ2) is 5.62. The van der Waals surface area contributed by atoms with Crippen molar-refractivity contribution in [1.29, 1.82) is 0 Å². The Hall–Kier alpha value is -0.890. The highest BCUT2D eigenvalue weighted by atomic mass is 79.9. The van der Waals surface area contributed by atoms with Crippen molar-refractivity contribution >= 4 is 37.3 Å². The van der Waals surface area contributed by atoms with Gasteiger partial charge in [-0.1, -0.05) is 0 Å². The Kier molecular flexibility index (Phi) is 4.29. The minimum atomic E-state index is -3.53. The van der Waals surface area contributed by atoms with E-state index in [1.54, 1.807) is 0 Å². The van der Waals surface area contributed by atoms with Crippen molar-refractivity contribution in [2.45, 2.75) is 11.4 Å². The summed E-state index contributed by atoms with van der Waals surface area (Å²) in [4.78, 5) is 0.169. The van der Waals surface area contributed by atoms with Gasteiger partial charge >= 0.3 is 0 Å². The molecule has 0 unspecified atom stereocenters. The van der Waals surface area contributed by atoms with E-state index in [2.05, 4.69) is 15.9 Å². The Labute approximate surface area is 124 Å². The normalized spacial score (nSPS) is 11.9. The SMILES string of the molecule is CN(Cc1csc(Br)c1)S(=O)(=O)c1ccc(O)cc1. The number of hydrogen-bond acceptors (Lipinski definition) is 4. The molecule has 0 aliphatic rings. The molecule has 102 valence electrons. The summed E-state index contributed by atoms with van der Waals surface area (Å²) in [6, 6.07) is 7.41. The van der Waals surface area contributed by atoms with E-state index in [0.717, 1.165) is 9.35 Å². The number of hydrogen-bond donors (Lipinski definition) is 1. The van der Waals surface area contributed by atoms with Gasteiger partial charge in [-0.2, -0.15) is 4.31 Å². The van der Waals surface area contributed by atoms with Crippen LogP contribution < -0.4 is 0 Å². The van der Waals surface area contributed by atoms with E-state index < -0.39 is 10.0 Å². The summed E-state index contributed by atoms with van der Waals surface area (Å²) in [6.07, 6.45) is 0. The van der Waals surface area contributed by atoms with Gasteiger partial charge in [-0.25, -0.2) is 8.42 Å². The summed E-state index contributed by atoms with van der Waals surface area (Å²) < 4.78 is 26.8. The minimum Gasteiger partial charge on any atom is -0.508 e. The molecule has 19 heavy (non-hydrogen) atoms. The van der Waals surface area contributed by atoms with E-state index in [1.807, 2.05) is 11.4 Å². The van der Waals surface area contributed by atoms with E-state index >= 15 is 0 Å². The third-order valence-electron chi connectivity index (χ3n) is 2.57. The average molecular weight is 362 g/mol. The molecule has 0 saturated heterocycles. The summed E-state index contributed by atoms with van der Waals surface area (Å²) in [7, 11) is -2.00. The molecule has 1 heterocycles. The van der Waals surface area contributed by atoms with Crippen LogP contribution in [0, 0.1) is 0 Å². The van der Waals surface area contributed by atoms with Crippen LogP contribution in [0.4, 0.5) is 0 Å². The summed E-state index contributed by atoms with van der Waals surface area (Å²) in [5.74, 6) is 0.0448. The molecule has 0 aliphatic carbocycles. The van der Waals surface area contributed by atoms with Gasteiger partial charge in [0.1, 0.15) is 5.75 Å². The molecule has 0 spiro atoms. The zero-order valence-electron chi connectivity index (χ0n) is 10.1. The number of phenolic OH excluding ortho intramolecular Hbond substituents is 1. The van der Waals surface area contributed by atoms with Crippen LogP contribution in [-0.2, 0) is 16.6 Å². The van der Waals surface area contributed by atoms with Gasteiger partial charge in [-0.3, -0.25) is 0 Å². The largest absolute Gasteiger partial charge is 0.508 e. The molecular formula is C12H12BrNO3S2. The van der Waals surface area contributed by atoms with Crippen LogP contribution in [0.25, 0.3) is 0 Å². The molecule has 1 aromatic heterocycles. The molecule has 7 heteroatoms. The zero-order valence-corrected chi connectivity index (χ0v) is 13.3. The Balaban J connectivity index is 2.21. The molecule has 2 aromatic rings. The van der Waals surface area contributed by atoms with Crippen LogP contribution in [0.15, 0.2) is 44.4 Å². The first-order valence-electron chi connectivity index (χ1n) is 5.38. The van der Waals surface area contributed by atoms with Crippen LogP contribution >= 0.6 is 27.3 Å². The van der Waals surface area contributed by atoms with Crippen LogP contribution in [-0.4, -0.2) is 24.9 Å². The quantitative estimate of drug-likeness (QED) is 0.910. The van der Waals surface area contributed by atoms with Crippen LogP contribution in [0.5, 0.6) is 5.75 Å². The summed E-state index contributed by atoms with van der Waals surface area (Å²) in [6.45, 7) is 0.311. The summed E-state index contributed by atoms with van der Waals surface area (Å²) in [5, 5.41) is 11.1. The number of nitrogens with zero attached hydrogens (tertiary/aromatic N) is 1. The molecule has 0 atom stereocenters. The fraction of sp³-hybridized carbons (Fsp3) is 0.167. The maximum absolute atomic E-state index is 12.3. The Morgan fingerprint density at radius 2 is 1.95 bits per heavy atom. The van der Waals surface area contributed by atoms with Gasteiger partial charge in [0.05, 0.1) is 8.68 Å². The number of halogens is 1. The highest BCUT2D eigenvalue weighted by Gasteiger charge is 2.21. The second-order valence-electron chi connectivity index (χ2n) is 4.01. The summed E-state index contributed by atoms with van der Waals surface area (Å²) >= 11 is 4.87. The Bertz CT molecular complexity index is 665. The van der Waals surface area contributed by atoms with E-state index in [4.69, 9.17) is 0 Å². The maximum atomic E-state index is 12.3. The molecule has 0 fully saturated rings. The van der Waals surface area contributed by atoms with Gasteiger partial charge in [0, 0.05) is 13.6 Å². The number of sulfonamides is 1. The van der Waals surface area contributed by atoms with Gasteiger partial charge in [0.15, 0.2) is 0 Å². The first kappa shape index (κ1) is 14.5. The monoisotopic (exact) mass is 361 g/mol. The lowest BCUT2D eigenvalue weighted by Gasteiger charge is -2.16. The second-order valence-corrected chi connectivity index (χ2v) is 8.35. The standard InChI is InChI=1S/C12H12BrNO3S2/c1-14(7-9-6-12(13)18-8-9)19(16,17)11-4-2-10(15)3-5-11/h2-6,8,15H,7H2,1H3. The summed E-state index contributed by atoms with van der Waals surface area (Å²) in [5.41, 5.74) is 0.932. The number of phenols is 1. The lowest BCUT2D eigenvalue weighted by atomic mass is 10.3. The number of aromatic hydroxyl groups is 1. The van der Waals surface area contributed by atoms with E-state index in [1.165, 1.54) is 47.0 Å². The fourth-order valence-corrected chi connectivity index (χ4v) is 3.93. The van der Waals surface area contributed by atoms with Crippen molar-refractivity contribution in [2.75, 3.05) is 7.05 Å². The van der Waals surface area contributed by atoms with Crippen molar-refractivity contribution in [3.63, 3.8) is 0 Å². The molecule has 1 N–H and O–H groups in total. The molecule has 0 saturated carbocycles. The number of rotatable bonds is 4. The Morgan fingerprint density at radius 1 is 1.32 bits per heavy atom. The molecule has 4 nitrogen and oxygen atoms in total. The van der Waals surface area contributed by atoms with Crippen LogP contribution in [0.3, 0.4) is 0 Å². The lowest BCUT2D eigenvalue weighted by molar-refractivity contribution is 0.465. The van der Waals surface area contributed by atoms with Crippen molar-refractivity contribution in [1.82, 2.24) is 4.31 Å². The van der Waals surface area contributed by atoms with Gasteiger partial charge in [-0.15, -0.1) is 11.3 Å². The van der Waals surface area contributed by atoms with Crippen molar-refractivity contribution in [3.8, 4) is 5.75 Å². The van der Waals surface area contributed by atoms with Crippen LogP contribution in [0.1, 0.15) is 5.56 Å². The third kappa shape index (κ3) is 3.36. The molecule has 1 aromatic carbocycles. The first-order valence-corrected chi connectivity index (χ1v) is 8.49. The van der Waals surface area contributed by atoms with Crippen molar-refractivity contribution in [3.05, 3.63) is 45.1 Å². The predicted octanol–water partition coefficient (Wildman–Crippen LogP) is 3.04. The van der Waals surface area contributed by atoms with Gasteiger partial charge in [0.25, 0.3) is 0 Å². The highest BCUT2D eigenvalue weighted by Crippen LogP contribution is 2.24. The lowest BCUT2D eigenvalue weighted by Crippen LogP contribution is -2.26. The van der Waals surface area contributed by atoms with E-state index in [0.29, 0.717) is 6.54 Å². The van der Waals surface area contributed by atoms with E-state index in [9.17, 15) is 13.5 Å². The molecule has 2 rings (SSSR count). The minimum absolute atomic E-state index is 0.0448. The average Bonchev–Trinajstić information content (AvgIpc) is 2.75. The molecule has 0 aliphatic heterocycles. The van der Waals surface area contributed by atoms with Crippen LogP contribution in [0.2, 0.25) is 0 Å². The van der Waals surface area contributed by atoms with Gasteiger partial charge in [-0.05, 0) is 57.2 Å². The van der Waals surface area contributed by atoms with Crippen molar-refractivity contribution < 1.29 is 13.5 Å². The number of benzene rings is 1. The number of thiophene rings is 1. The molecule has 0 radical (unpaired) electrons. The van der Waals surface area contributed by atoms with Gasteiger partial charge in [0.2, 0.25) is 10.0 Å². The highest BCUT2D eigenvalue weighted by molar-refractivity contribution is 9.11. The smallest absolute Gasteiger partial charge is 0.243 e. The first-order chi connectivity index (χ1) is 8.89. The van der Waals surface area contributed by atoms with E-state index in [-0.39, 0.29) is 10.6 Å². The van der Waals surface area contributed by atoms with Gasteiger partial charge < -0.3 is 5.11 Å². The van der Waals surface area contributed by atoms with Crippen molar-refractivity contribution in [2.24, 2.45) is 0 Å².